The number of piperazine rings is 1. The van der Waals surface area contributed by atoms with E-state index in [0.717, 1.165) is 34.2 Å². The highest BCUT2D eigenvalue weighted by molar-refractivity contribution is 5.74. The number of rotatable bonds is 6. The fourth-order valence-electron chi connectivity index (χ4n) is 8.53. The first-order valence-corrected chi connectivity index (χ1v) is 14.2. The Balaban J connectivity index is 1.49. The number of nitrogens with zero attached hydrogens (tertiary/aromatic N) is 3. The van der Waals surface area contributed by atoms with Crippen LogP contribution in [0.2, 0.25) is 0 Å². The SMILES string of the molecule is COCOc1c(OC)c(C)cc2c1[C@@H]1[C@@H]3Cc4c(OC(C)=O)c(C)c5c(c4[C@H](CO)N3[C@@H](C#N)[C@@H]3CC2(C)N13)OCO5. The topological polar surface area (TPSA) is 123 Å². The highest BCUT2D eigenvalue weighted by Crippen LogP contribution is 2.67. The number of aryl methyl sites for hydroxylation is 1. The molecular formula is C31H35N3O8. The molecular weight excluding hydrogens is 542 g/mol. The number of hydrogen-bond donors (Lipinski definition) is 1. The van der Waals surface area contributed by atoms with Crippen LogP contribution in [0, 0.1) is 25.2 Å². The second-order valence-corrected chi connectivity index (χ2v) is 12.0. The van der Waals surface area contributed by atoms with Gasteiger partial charge in [-0.1, -0.05) is 0 Å². The average molecular weight is 578 g/mol. The predicted molar refractivity (Wildman–Crippen MR) is 148 cm³/mol. The number of methoxy groups -OCH3 is 2. The Hall–Kier alpha value is -3.56. The van der Waals surface area contributed by atoms with Crippen LogP contribution in [-0.2, 0) is 21.5 Å². The smallest absolute Gasteiger partial charge is 0.308 e. The Bertz CT molecular complexity index is 1550. The Morgan fingerprint density at radius 2 is 1.93 bits per heavy atom. The van der Waals surface area contributed by atoms with Crippen LogP contribution in [0.1, 0.15) is 65.7 Å². The molecule has 6 atom stereocenters. The number of esters is 1. The molecule has 222 valence electrons. The van der Waals surface area contributed by atoms with E-state index in [1.165, 1.54) is 6.92 Å². The molecule has 0 radical (unpaired) electrons. The summed E-state index contributed by atoms with van der Waals surface area (Å²) in [5.41, 5.74) is 5.01. The molecule has 7 rings (SSSR count). The molecule has 5 aliphatic heterocycles. The Kier molecular flexibility index (Phi) is 6.15. The number of fused-ring (bicyclic) bond motifs is 8. The lowest BCUT2D eigenvalue weighted by molar-refractivity contribution is -0.182. The minimum absolute atomic E-state index is 0.0273. The summed E-state index contributed by atoms with van der Waals surface area (Å²) >= 11 is 0. The van der Waals surface area contributed by atoms with Crippen molar-refractivity contribution >= 4 is 5.97 Å². The molecule has 11 nitrogen and oxygen atoms in total. The van der Waals surface area contributed by atoms with Crippen LogP contribution < -0.4 is 23.7 Å². The van der Waals surface area contributed by atoms with Gasteiger partial charge in [0.15, 0.2) is 29.8 Å². The third kappa shape index (κ3) is 3.32. The molecule has 0 aromatic heterocycles. The van der Waals surface area contributed by atoms with E-state index < -0.39 is 18.1 Å². The van der Waals surface area contributed by atoms with Gasteiger partial charge in [-0.25, -0.2) is 0 Å². The van der Waals surface area contributed by atoms with Gasteiger partial charge in [0.2, 0.25) is 6.79 Å². The summed E-state index contributed by atoms with van der Waals surface area (Å²) in [4.78, 5) is 16.9. The lowest BCUT2D eigenvalue weighted by atomic mass is 9.70. The van der Waals surface area contributed by atoms with Crippen molar-refractivity contribution in [2.45, 2.75) is 76.3 Å². The Labute approximate surface area is 244 Å². The van der Waals surface area contributed by atoms with Crippen LogP contribution in [0.5, 0.6) is 28.7 Å². The van der Waals surface area contributed by atoms with Gasteiger partial charge in [0.05, 0.1) is 31.9 Å². The molecule has 1 unspecified atom stereocenters. The molecule has 2 saturated heterocycles. The largest absolute Gasteiger partial charge is 0.493 e. The molecule has 0 aliphatic carbocycles. The molecule has 11 heteroatoms. The summed E-state index contributed by atoms with van der Waals surface area (Å²) in [7, 11) is 3.22. The first kappa shape index (κ1) is 27.3. The minimum Gasteiger partial charge on any atom is -0.493 e. The number of aliphatic hydroxyl groups is 1. The van der Waals surface area contributed by atoms with Gasteiger partial charge in [-0.05, 0) is 50.8 Å². The summed E-state index contributed by atoms with van der Waals surface area (Å²) in [5, 5.41) is 21.6. The zero-order valence-electron chi connectivity index (χ0n) is 24.6. The predicted octanol–water partition coefficient (Wildman–Crippen LogP) is 3.16. The molecule has 5 aliphatic rings. The second kappa shape index (κ2) is 9.47. The molecule has 5 heterocycles. The minimum atomic E-state index is -0.581. The van der Waals surface area contributed by atoms with E-state index in [4.69, 9.17) is 28.4 Å². The van der Waals surface area contributed by atoms with Crippen LogP contribution >= 0.6 is 0 Å². The average Bonchev–Trinajstić information content (AvgIpc) is 3.52. The van der Waals surface area contributed by atoms with Gasteiger partial charge in [0.1, 0.15) is 11.8 Å². The van der Waals surface area contributed by atoms with Gasteiger partial charge in [-0.15, -0.1) is 0 Å². The van der Waals surface area contributed by atoms with E-state index in [1.54, 1.807) is 14.2 Å². The normalized spacial score (nSPS) is 29.9. The zero-order valence-corrected chi connectivity index (χ0v) is 24.6. The molecule has 0 spiro atoms. The van der Waals surface area contributed by atoms with E-state index in [9.17, 15) is 15.2 Å². The van der Waals surface area contributed by atoms with Gasteiger partial charge in [0, 0.05) is 53.9 Å². The van der Waals surface area contributed by atoms with Crippen molar-refractivity contribution in [3.63, 3.8) is 0 Å². The van der Waals surface area contributed by atoms with E-state index in [2.05, 4.69) is 28.9 Å². The second-order valence-electron chi connectivity index (χ2n) is 12.0. The van der Waals surface area contributed by atoms with Gasteiger partial charge in [-0.3, -0.25) is 14.6 Å². The molecule has 2 aromatic carbocycles. The molecule has 1 N–H and O–H groups in total. The van der Waals surface area contributed by atoms with Crippen molar-refractivity contribution in [2.75, 3.05) is 34.4 Å². The van der Waals surface area contributed by atoms with Crippen molar-refractivity contribution in [2.24, 2.45) is 0 Å². The Morgan fingerprint density at radius 3 is 2.60 bits per heavy atom. The highest BCUT2D eigenvalue weighted by Gasteiger charge is 2.69. The van der Waals surface area contributed by atoms with Gasteiger partial charge < -0.3 is 33.5 Å². The number of benzene rings is 2. The van der Waals surface area contributed by atoms with Crippen LogP contribution in [0.4, 0.5) is 0 Å². The van der Waals surface area contributed by atoms with Gasteiger partial charge in [0.25, 0.3) is 0 Å². The molecule has 2 fully saturated rings. The number of aliphatic hydroxyl groups excluding tert-OH is 1. The zero-order chi connectivity index (χ0) is 29.7. The maximum atomic E-state index is 12.3. The van der Waals surface area contributed by atoms with E-state index in [0.29, 0.717) is 40.7 Å². The maximum absolute atomic E-state index is 12.3. The van der Waals surface area contributed by atoms with Crippen molar-refractivity contribution in [1.29, 1.82) is 5.26 Å². The van der Waals surface area contributed by atoms with E-state index >= 15 is 0 Å². The van der Waals surface area contributed by atoms with Gasteiger partial charge in [-0.2, -0.15) is 5.26 Å². The first-order chi connectivity index (χ1) is 20.2. The summed E-state index contributed by atoms with van der Waals surface area (Å²) in [5.74, 6) is 2.32. The van der Waals surface area contributed by atoms with Crippen molar-refractivity contribution in [3.05, 3.63) is 39.4 Å². The third-order valence-corrected chi connectivity index (χ3v) is 9.92. The van der Waals surface area contributed by atoms with Crippen LogP contribution in [0.3, 0.4) is 0 Å². The molecule has 0 bridgehead atoms. The van der Waals surface area contributed by atoms with Crippen molar-refractivity contribution in [1.82, 2.24) is 9.80 Å². The third-order valence-electron chi connectivity index (χ3n) is 9.92. The number of nitriles is 1. The fraction of sp³-hybridized carbons (Fsp3) is 0.548. The van der Waals surface area contributed by atoms with Crippen molar-refractivity contribution in [3.8, 4) is 34.8 Å². The van der Waals surface area contributed by atoms with E-state index in [1.807, 2.05) is 13.8 Å². The lowest BCUT2D eigenvalue weighted by Crippen LogP contribution is -2.74. The summed E-state index contributed by atoms with van der Waals surface area (Å²) in [6.45, 7) is 7.28. The monoisotopic (exact) mass is 577 g/mol. The number of ether oxygens (including phenoxy) is 6. The van der Waals surface area contributed by atoms with E-state index in [-0.39, 0.29) is 43.9 Å². The van der Waals surface area contributed by atoms with Crippen LogP contribution in [0.25, 0.3) is 0 Å². The lowest BCUT2D eigenvalue weighted by Gasteiger charge is -2.65. The number of carbonyl (C=O) groups excluding carboxylic acids is 1. The van der Waals surface area contributed by atoms with Crippen LogP contribution in [-0.4, -0.2) is 73.4 Å². The summed E-state index contributed by atoms with van der Waals surface area (Å²) in [6, 6.07) is 3.20. The number of carbonyl (C=O) groups is 1. The Morgan fingerprint density at radius 1 is 1.17 bits per heavy atom. The van der Waals surface area contributed by atoms with Crippen LogP contribution in [0.15, 0.2) is 6.07 Å². The summed E-state index contributed by atoms with van der Waals surface area (Å²) < 4.78 is 35.1. The maximum Gasteiger partial charge on any atom is 0.308 e. The number of hydrogen-bond acceptors (Lipinski definition) is 11. The standard InChI is InChI=1S/C31H35N3O8/c1-14-7-18-24(30(26(14)38-6)39-12-37-5)25-19-8-17-23(29-28(40-13-41-29)15(2)27(17)42-16(3)36)22(11-35)33(19)21(10-32)20-9-31(18,4)34(20)25/h7,19-22,25,35H,8-9,11-13H2,1-6H3/t19-,20-,21-,22-,25-,31?/m0/s1. The first-order valence-electron chi connectivity index (χ1n) is 14.2. The molecule has 42 heavy (non-hydrogen) atoms. The van der Waals surface area contributed by atoms with Crippen molar-refractivity contribution < 1.29 is 38.3 Å². The molecule has 0 amide bonds. The molecule has 2 aromatic rings. The fourth-order valence-corrected chi connectivity index (χ4v) is 8.53. The quantitative estimate of drug-likeness (QED) is 0.309. The molecule has 0 saturated carbocycles. The summed E-state index contributed by atoms with van der Waals surface area (Å²) in [6.07, 6.45) is 1.23. The highest BCUT2D eigenvalue weighted by atomic mass is 16.7. The van der Waals surface area contributed by atoms with Gasteiger partial charge >= 0.3 is 5.97 Å².